The lowest BCUT2D eigenvalue weighted by atomic mass is 9.89. The number of allylic oxidation sites excluding steroid dienone is 1. The monoisotopic (exact) mass is 158 g/mol. The van der Waals surface area contributed by atoms with Crippen molar-refractivity contribution in [2.75, 3.05) is 14.2 Å². The van der Waals surface area contributed by atoms with Gasteiger partial charge in [0, 0.05) is 20.6 Å². The predicted octanol–water partition coefficient (Wildman–Crippen LogP) is 2.21. The van der Waals surface area contributed by atoms with Gasteiger partial charge in [0.15, 0.2) is 6.29 Å². The summed E-state index contributed by atoms with van der Waals surface area (Å²) < 4.78 is 10.1. The van der Waals surface area contributed by atoms with Crippen molar-refractivity contribution in [1.82, 2.24) is 0 Å². The number of hydrogen-bond acceptors (Lipinski definition) is 2. The summed E-state index contributed by atoms with van der Waals surface area (Å²) in [6.45, 7) is 7.95. The second-order valence-electron chi connectivity index (χ2n) is 3.30. The molecule has 0 rings (SSSR count). The van der Waals surface area contributed by atoms with E-state index in [9.17, 15) is 0 Å². The van der Waals surface area contributed by atoms with Gasteiger partial charge in [0.2, 0.25) is 0 Å². The fourth-order valence-electron chi connectivity index (χ4n) is 0.776. The Labute approximate surface area is 69.2 Å². The van der Waals surface area contributed by atoms with E-state index >= 15 is 0 Å². The molecule has 0 aliphatic carbocycles. The molecule has 0 unspecified atom stereocenters. The molecular weight excluding hydrogens is 140 g/mol. The standard InChI is InChI=1S/C9H18O2/c1-6-9(2,3)7-8(10-4)11-5/h6,8H,1,7H2,2-5H3. The van der Waals surface area contributed by atoms with Crippen molar-refractivity contribution in [3.05, 3.63) is 12.7 Å². The number of methoxy groups -OCH3 is 2. The highest BCUT2D eigenvalue weighted by molar-refractivity contribution is 4.87. The van der Waals surface area contributed by atoms with Crippen LogP contribution in [0.25, 0.3) is 0 Å². The van der Waals surface area contributed by atoms with Crippen molar-refractivity contribution in [1.29, 1.82) is 0 Å². The molecule has 2 heteroatoms. The first kappa shape index (κ1) is 10.7. The lowest BCUT2D eigenvalue weighted by Crippen LogP contribution is -2.21. The molecule has 0 aliphatic rings. The Kier molecular flexibility index (Phi) is 4.38. The molecule has 0 aromatic carbocycles. The Morgan fingerprint density at radius 3 is 2.09 bits per heavy atom. The minimum atomic E-state index is -0.122. The molecule has 0 aromatic rings. The van der Waals surface area contributed by atoms with Gasteiger partial charge in [-0.1, -0.05) is 19.9 Å². The molecule has 0 aliphatic heterocycles. The van der Waals surface area contributed by atoms with Gasteiger partial charge in [-0.15, -0.1) is 6.58 Å². The zero-order valence-electron chi connectivity index (χ0n) is 7.89. The lowest BCUT2D eigenvalue weighted by Gasteiger charge is -2.24. The molecule has 0 heterocycles. The molecular formula is C9H18O2. The van der Waals surface area contributed by atoms with Crippen LogP contribution < -0.4 is 0 Å². The van der Waals surface area contributed by atoms with Crippen molar-refractivity contribution in [3.8, 4) is 0 Å². The molecule has 0 bridgehead atoms. The summed E-state index contributed by atoms with van der Waals surface area (Å²) in [5, 5.41) is 0. The van der Waals surface area contributed by atoms with E-state index in [4.69, 9.17) is 9.47 Å². The average Bonchev–Trinajstić information content (AvgIpc) is 2.00. The fraction of sp³-hybridized carbons (Fsp3) is 0.778. The molecule has 0 fully saturated rings. The molecule has 0 amide bonds. The highest BCUT2D eigenvalue weighted by atomic mass is 16.7. The molecule has 0 N–H and O–H groups in total. The Morgan fingerprint density at radius 1 is 1.36 bits per heavy atom. The van der Waals surface area contributed by atoms with Gasteiger partial charge >= 0.3 is 0 Å². The van der Waals surface area contributed by atoms with Gasteiger partial charge in [-0.25, -0.2) is 0 Å². The lowest BCUT2D eigenvalue weighted by molar-refractivity contribution is -0.117. The van der Waals surface area contributed by atoms with Gasteiger partial charge in [0.05, 0.1) is 0 Å². The normalized spacial score (nSPS) is 12.1. The van der Waals surface area contributed by atoms with Gasteiger partial charge in [-0.2, -0.15) is 0 Å². The van der Waals surface area contributed by atoms with Crippen LogP contribution in [0, 0.1) is 5.41 Å². The Bertz CT molecular complexity index is 115. The van der Waals surface area contributed by atoms with Crippen LogP contribution in [0.4, 0.5) is 0 Å². The summed E-state index contributed by atoms with van der Waals surface area (Å²) in [6, 6.07) is 0. The van der Waals surface area contributed by atoms with E-state index in [0.717, 1.165) is 6.42 Å². The Balaban J connectivity index is 3.88. The van der Waals surface area contributed by atoms with E-state index in [0.29, 0.717) is 0 Å². The van der Waals surface area contributed by atoms with Crippen molar-refractivity contribution in [2.45, 2.75) is 26.6 Å². The molecule has 0 radical (unpaired) electrons. The zero-order chi connectivity index (χ0) is 8.91. The number of ether oxygens (including phenoxy) is 2. The van der Waals surface area contributed by atoms with E-state index in [2.05, 4.69) is 20.4 Å². The molecule has 66 valence electrons. The van der Waals surface area contributed by atoms with Crippen molar-refractivity contribution in [2.24, 2.45) is 5.41 Å². The number of rotatable bonds is 5. The van der Waals surface area contributed by atoms with Gasteiger partial charge in [-0.05, 0) is 5.41 Å². The summed E-state index contributed by atoms with van der Waals surface area (Å²) in [4.78, 5) is 0. The van der Waals surface area contributed by atoms with Gasteiger partial charge in [0.25, 0.3) is 0 Å². The summed E-state index contributed by atoms with van der Waals surface area (Å²) in [5.74, 6) is 0. The fourth-order valence-corrected chi connectivity index (χ4v) is 0.776. The van der Waals surface area contributed by atoms with Gasteiger partial charge in [-0.3, -0.25) is 0 Å². The predicted molar refractivity (Wildman–Crippen MR) is 46.4 cm³/mol. The topological polar surface area (TPSA) is 18.5 Å². The van der Waals surface area contributed by atoms with Crippen LogP contribution in [0.2, 0.25) is 0 Å². The molecule has 11 heavy (non-hydrogen) atoms. The van der Waals surface area contributed by atoms with E-state index in [1.165, 1.54) is 0 Å². The molecule has 2 nitrogen and oxygen atoms in total. The third kappa shape index (κ3) is 4.17. The van der Waals surface area contributed by atoms with E-state index in [-0.39, 0.29) is 11.7 Å². The second-order valence-corrected chi connectivity index (χ2v) is 3.30. The first-order chi connectivity index (χ1) is 5.05. The van der Waals surface area contributed by atoms with Crippen LogP contribution in [0.15, 0.2) is 12.7 Å². The quantitative estimate of drug-likeness (QED) is 0.451. The van der Waals surface area contributed by atoms with Gasteiger partial charge in [0.1, 0.15) is 0 Å². The Morgan fingerprint density at radius 2 is 1.82 bits per heavy atom. The maximum absolute atomic E-state index is 5.07. The molecule has 0 saturated heterocycles. The van der Waals surface area contributed by atoms with Crippen LogP contribution in [0.5, 0.6) is 0 Å². The van der Waals surface area contributed by atoms with E-state index in [1.807, 2.05) is 6.08 Å². The molecule has 0 saturated carbocycles. The van der Waals surface area contributed by atoms with Crippen LogP contribution in [-0.2, 0) is 9.47 Å². The van der Waals surface area contributed by atoms with Crippen LogP contribution in [0.1, 0.15) is 20.3 Å². The first-order valence-electron chi connectivity index (χ1n) is 3.75. The van der Waals surface area contributed by atoms with Crippen molar-refractivity contribution >= 4 is 0 Å². The highest BCUT2D eigenvalue weighted by Crippen LogP contribution is 2.24. The summed E-state index contributed by atoms with van der Waals surface area (Å²) in [6.07, 6.45) is 2.63. The molecule has 0 spiro atoms. The maximum atomic E-state index is 5.07. The second kappa shape index (κ2) is 4.52. The number of hydrogen-bond donors (Lipinski definition) is 0. The smallest absolute Gasteiger partial charge is 0.157 e. The van der Waals surface area contributed by atoms with Crippen LogP contribution >= 0.6 is 0 Å². The maximum Gasteiger partial charge on any atom is 0.157 e. The summed E-state index contributed by atoms with van der Waals surface area (Å²) in [7, 11) is 3.29. The van der Waals surface area contributed by atoms with E-state index < -0.39 is 0 Å². The first-order valence-corrected chi connectivity index (χ1v) is 3.75. The SMILES string of the molecule is C=CC(C)(C)CC(OC)OC. The third-order valence-corrected chi connectivity index (χ3v) is 1.77. The molecule has 0 aromatic heterocycles. The van der Waals surface area contributed by atoms with Crippen LogP contribution in [0.3, 0.4) is 0 Å². The van der Waals surface area contributed by atoms with Crippen molar-refractivity contribution in [3.63, 3.8) is 0 Å². The largest absolute Gasteiger partial charge is 0.356 e. The molecule has 0 atom stereocenters. The average molecular weight is 158 g/mol. The summed E-state index contributed by atoms with van der Waals surface area (Å²) in [5.41, 5.74) is 0.0800. The van der Waals surface area contributed by atoms with Gasteiger partial charge < -0.3 is 9.47 Å². The Hall–Kier alpha value is -0.340. The summed E-state index contributed by atoms with van der Waals surface area (Å²) >= 11 is 0. The zero-order valence-corrected chi connectivity index (χ0v) is 7.89. The third-order valence-electron chi connectivity index (χ3n) is 1.77. The highest BCUT2D eigenvalue weighted by Gasteiger charge is 2.19. The van der Waals surface area contributed by atoms with Crippen LogP contribution in [-0.4, -0.2) is 20.5 Å². The van der Waals surface area contributed by atoms with Crippen molar-refractivity contribution < 1.29 is 9.47 Å². The van der Waals surface area contributed by atoms with E-state index in [1.54, 1.807) is 14.2 Å². The minimum absolute atomic E-state index is 0.0800. The minimum Gasteiger partial charge on any atom is -0.356 e.